The Hall–Kier alpha value is -1.88. The zero-order valence-corrected chi connectivity index (χ0v) is 15.3. The van der Waals surface area contributed by atoms with Crippen LogP contribution < -0.4 is 0 Å². The van der Waals surface area contributed by atoms with E-state index in [1.807, 2.05) is 11.0 Å². The van der Waals surface area contributed by atoms with Gasteiger partial charge < -0.3 is 10.0 Å². The van der Waals surface area contributed by atoms with Crippen LogP contribution in [0.3, 0.4) is 0 Å². The first-order valence-corrected chi connectivity index (χ1v) is 9.87. The Morgan fingerprint density at radius 1 is 1.12 bits per heavy atom. The molecule has 1 amide bonds. The summed E-state index contributed by atoms with van der Waals surface area (Å²) in [6.07, 6.45) is 4.60. The van der Waals surface area contributed by atoms with Gasteiger partial charge in [0, 0.05) is 26.2 Å². The van der Waals surface area contributed by atoms with Gasteiger partial charge in [-0.25, -0.2) is 0 Å². The maximum Gasteiger partial charge on any atom is 0.311 e. The summed E-state index contributed by atoms with van der Waals surface area (Å²) in [4.78, 5) is 29.2. The molecular formula is C21H28N2O3. The quantitative estimate of drug-likeness (QED) is 0.901. The molecule has 1 aromatic rings. The summed E-state index contributed by atoms with van der Waals surface area (Å²) in [5.74, 6) is -0.368. The van der Waals surface area contributed by atoms with Gasteiger partial charge in [0.05, 0.1) is 11.3 Å². The van der Waals surface area contributed by atoms with Gasteiger partial charge in [0.15, 0.2) is 0 Å². The van der Waals surface area contributed by atoms with E-state index >= 15 is 0 Å². The third-order valence-electron chi connectivity index (χ3n) is 6.71. The number of likely N-dealkylation sites (tertiary alicyclic amines) is 2. The molecular weight excluding hydrogens is 328 g/mol. The molecule has 26 heavy (non-hydrogen) atoms. The molecule has 1 N–H and O–H groups in total. The van der Waals surface area contributed by atoms with Gasteiger partial charge in [-0.1, -0.05) is 36.8 Å². The molecule has 2 aliphatic heterocycles. The lowest BCUT2D eigenvalue weighted by atomic mass is 9.81. The molecule has 1 unspecified atom stereocenters. The molecule has 0 aromatic heterocycles. The van der Waals surface area contributed by atoms with Crippen LogP contribution in [0.2, 0.25) is 0 Å². The summed E-state index contributed by atoms with van der Waals surface area (Å²) in [6.45, 7) is 3.75. The molecule has 0 radical (unpaired) electrons. The zero-order valence-electron chi connectivity index (χ0n) is 15.3. The van der Waals surface area contributed by atoms with Gasteiger partial charge in [0.25, 0.3) is 0 Å². The molecule has 1 saturated carbocycles. The molecule has 2 heterocycles. The van der Waals surface area contributed by atoms with Crippen molar-refractivity contribution >= 4 is 11.9 Å². The maximum absolute atomic E-state index is 13.1. The Bertz CT molecular complexity index is 677. The lowest BCUT2D eigenvalue weighted by Crippen LogP contribution is -2.45. The first kappa shape index (κ1) is 17.5. The van der Waals surface area contributed by atoms with Gasteiger partial charge in [-0.2, -0.15) is 0 Å². The number of hydrogen-bond donors (Lipinski definition) is 1. The minimum atomic E-state index is -0.704. The lowest BCUT2D eigenvalue weighted by molar-refractivity contribution is -0.149. The molecule has 1 aliphatic carbocycles. The van der Waals surface area contributed by atoms with Crippen molar-refractivity contribution < 1.29 is 14.7 Å². The molecule has 3 fully saturated rings. The predicted molar refractivity (Wildman–Crippen MR) is 98.4 cm³/mol. The second-order valence-corrected chi connectivity index (χ2v) is 8.33. The van der Waals surface area contributed by atoms with E-state index in [1.54, 1.807) is 0 Å². The van der Waals surface area contributed by atoms with Crippen LogP contribution in [0.1, 0.15) is 37.7 Å². The van der Waals surface area contributed by atoms with Crippen LogP contribution >= 0.6 is 0 Å². The van der Waals surface area contributed by atoms with E-state index in [0.717, 1.165) is 51.7 Å². The van der Waals surface area contributed by atoms with Gasteiger partial charge in [-0.15, -0.1) is 0 Å². The lowest BCUT2D eigenvalue weighted by Gasteiger charge is -2.34. The Labute approximate surface area is 155 Å². The smallest absolute Gasteiger partial charge is 0.311 e. The Balaban J connectivity index is 1.40. The molecule has 3 atom stereocenters. The highest BCUT2D eigenvalue weighted by molar-refractivity contribution is 5.83. The highest BCUT2D eigenvalue weighted by atomic mass is 16.4. The second-order valence-electron chi connectivity index (χ2n) is 8.33. The van der Waals surface area contributed by atoms with Crippen molar-refractivity contribution in [3.8, 4) is 0 Å². The number of fused-ring (bicyclic) bond motifs is 1. The third kappa shape index (κ3) is 3.13. The molecule has 5 nitrogen and oxygen atoms in total. The van der Waals surface area contributed by atoms with Crippen LogP contribution in [-0.2, 0) is 16.1 Å². The van der Waals surface area contributed by atoms with Gasteiger partial charge in [-0.05, 0) is 43.7 Å². The molecule has 0 bridgehead atoms. The number of piperidine rings is 1. The fourth-order valence-electron chi connectivity index (χ4n) is 5.31. The highest BCUT2D eigenvalue weighted by Gasteiger charge is 2.56. The topological polar surface area (TPSA) is 60.9 Å². The van der Waals surface area contributed by atoms with E-state index in [9.17, 15) is 14.7 Å². The highest BCUT2D eigenvalue weighted by Crippen LogP contribution is 2.49. The number of carboxylic acid groups (broad SMARTS) is 1. The number of rotatable bonds is 4. The third-order valence-corrected chi connectivity index (χ3v) is 6.71. The molecule has 2 saturated heterocycles. The molecule has 5 heteroatoms. The van der Waals surface area contributed by atoms with Crippen LogP contribution in [0.5, 0.6) is 0 Å². The number of carboxylic acids is 1. The van der Waals surface area contributed by atoms with Crippen LogP contribution in [0.15, 0.2) is 30.3 Å². The summed E-state index contributed by atoms with van der Waals surface area (Å²) >= 11 is 0. The number of carbonyl (C=O) groups is 2. The number of hydrogen-bond acceptors (Lipinski definition) is 3. The fraction of sp³-hybridized carbons (Fsp3) is 0.619. The summed E-state index contributed by atoms with van der Waals surface area (Å²) < 4.78 is 0. The standard InChI is InChI=1S/C21H28N2O3/c24-19(23-14-18-9-4-10-21(18,15-23)20(25)26)17-8-5-11-22(13-17)12-16-6-2-1-3-7-16/h1-3,6-7,17-18H,4-5,8-15H2,(H,25,26)/t17?,18-,21+/m0/s1. The van der Waals surface area contributed by atoms with E-state index in [2.05, 4.69) is 29.2 Å². The monoisotopic (exact) mass is 356 g/mol. The minimum Gasteiger partial charge on any atom is -0.481 e. The van der Waals surface area contributed by atoms with Crippen LogP contribution in [0.4, 0.5) is 0 Å². The first-order valence-electron chi connectivity index (χ1n) is 9.87. The molecule has 1 aromatic carbocycles. The number of nitrogens with zero attached hydrogens (tertiary/aromatic N) is 2. The number of benzene rings is 1. The number of aliphatic carboxylic acids is 1. The average Bonchev–Trinajstić information content (AvgIpc) is 3.21. The first-order chi connectivity index (χ1) is 12.6. The van der Waals surface area contributed by atoms with Crippen LogP contribution in [-0.4, -0.2) is 53.0 Å². The largest absolute Gasteiger partial charge is 0.481 e. The molecule has 140 valence electrons. The Morgan fingerprint density at radius 3 is 2.65 bits per heavy atom. The average molecular weight is 356 g/mol. The maximum atomic E-state index is 13.1. The summed E-state index contributed by atoms with van der Waals surface area (Å²) in [7, 11) is 0. The minimum absolute atomic E-state index is 0.0112. The van der Waals surface area contributed by atoms with E-state index in [0.29, 0.717) is 13.1 Å². The van der Waals surface area contributed by atoms with Crippen molar-refractivity contribution in [3.05, 3.63) is 35.9 Å². The van der Waals surface area contributed by atoms with Crippen molar-refractivity contribution in [2.45, 2.75) is 38.6 Å². The van der Waals surface area contributed by atoms with Gasteiger partial charge in [0.2, 0.25) is 5.91 Å². The SMILES string of the molecule is O=C(C1CCCN(Cc2ccccc2)C1)N1C[C@@H]2CCC[C@@]2(C(=O)O)C1. The number of amides is 1. The molecule has 4 rings (SSSR count). The van der Waals surface area contributed by atoms with E-state index in [1.165, 1.54) is 5.56 Å². The van der Waals surface area contributed by atoms with E-state index in [4.69, 9.17) is 0 Å². The summed E-state index contributed by atoms with van der Waals surface area (Å²) in [5, 5.41) is 9.74. The fourth-order valence-corrected chi connectivity index (χ4v) is 5.31. The van der Waals surface area contributed by atoms with Crippen molar-refractivity contribution in [1.29, 1.82) is 0 Å². The van der Waals surface area contributed by atoms with Gasteiger partial charge in [0.1, 0.15) is 0 Å². The van der Waals surface area contributed by atoms with Crippen LogP contribution in [0, 0.1) is 17.3 Å². The van der Waals surface area contributed by atoms with Crippen molar-refractivity contribution in [2.75, 3.05) is 26.2 Å². The second kappa shape index (κ2) is 7.03. The molecule has 0 spiro atoms. The van der Waals surface area contributed by atoms with Crippen molar-refractivity contribution in [3.63, 3.8) is 0 Å². The Morgan fingerprint density at radius 2 is 1.92 bits per heavy atom. The van der Waals surface area contributed by atoms with E-state index in [-0.39, 0.29) is 17.7 Å². The van der Waals surface area contributed by atoms with Crippen molar-refractivity contribution in [1.82, 2.24) is 9.80 Å². The molecule has 3 aliphatic rings. The predicted octanol–water partition coefficient (Wildman–Crippen LogP) is 2.61. The normalized spacial score (nSPS) is 31.8. The summed E-state index contributed by atoms with van der Waals surface area (Å²) in [6, 6.07) is 10.4. The van der Waals surface area contributed by atoms with Gasteiger partial charge in [-0.3, -0.25) is 14.5 Å². The van der Waals surface area contributed by atoms with Gasteiger partial charge >= 0.3 is 5.97 Å². The van der Waals surface area contributed by atoms with Crippen LogP contribution in [0.25, 0.3) is 0 Å². The van der Waals surface area contributed by atoms with Crippen molar-refractivity contribution in [2.24, 2.45) is 17.3 Å². The zero-order chi connectivity index (χ0) is 18.1. The Kier molecular flexibility index (Phi) is 4.74. The van der Waals surface area contributed by atoms with E-state index < -0.39 is 11.4 Å². The summed E-state index contributed by atoms with van der Waals surface area (Å²) in [5.41, 5.74) is 0.606. The number of carbonyl (C=O) groups excluding carboxylic acids is 1.